The summed E-state index contributed by atoms with van der Waals surface area (Å²) >= 11 is 0. The molecule has 1 amide bonds. The van der Waals surface area contributed by atoms with E-state index in [2.05, 4.69) is 5.32 Å². The van der Waals surface area contributed by atoms with Crippen LogP contribution in [-0.2, 0) is 42.8 Å². The molecular formula is C36H49AcNO12. The van der Waals surface area contributed by atoms with E-state index in [1.165, 1.54) is 28.3 Å². The Labute approximate surface area is 328 Å². The summed E-state index contributed by atoms with van der Waals surface area (Å²) in [5.74, 6) is -3.67. The predicted octanol–water partition coefficient (Wildman–Crippen LogP) is 1.91. The second-order valence-electron chi connectivity index (χ2n) is 14.6. The molecule has 10 unspecified atom stereocenters. The number of ether oxygens (including phenoxy) is 6. The number of carbonyl (C=O) groups is 4. The predicted molar refractivity (Wildman–Crippen MR) is 173 cm³/mol. The average Bonchev–Trinajstić information content (AvgIpc) is 3.04. The third-order valence-corrected chi connectivity index (χ3v) is 11.7. The van der Waals surface area contributed by atoms with Gasteiger partial charge in [0.1, 0.15) is 29.5 Å². The number of fused-ring (bicyclic) bond motifs is 5. The summed E-state index contributed by atoms with van der Waals surface area (Å²) in [5, 5.41) is 28.4. The topological polar surface area (TPSA) is 176 Å². The van der Waals surface area contributed by atoms with Gasteiger partial charge in [0.15, 0.2) is 11.9 Å². The van der Waals surface area contributed by atoms with E-state index < -0.39 is 88.3 Å². The van der Waals surface area contributed by atoms with Crippen LogP contribution >= 0.6 is 0 Å². The third-order valence-electron chi connectivity index (χ3n) is 11.7. The van der Waals surface area contributed by atoms with Gasteiger partial charge >= 0.3 is 11.9 Å². The minimum Gasteiger partial charge on any atom is -0.456 e. The maximum atomic E-state index is 15.1. The van der Waals surface area contributed by atoms with Gasteiger partial charge in [-0.15, -0.1) is 0 Å². The van der Waals surface area contributed by atoms with Crippen molar-refractivity contribution in [3.8, 4) is 0 Å². The molecule has 1 aliphatic heterocycles. The summed E-state index contributed by atoms with van der Waals surface area (Å²) in [5.41, 5.74) is -5.67. The van der Waals surface area contributed by atoms with Gasteiger partial charge in [-0.1, -0.05) is 32.0 Å². The van der Waals surface area contributed by atoms with Crippen molar-refractivity contribution in [3.05, 3.63) is 47.0 Å². The van der Waals surface area contributed by atoms with E-state index in [4.69, 9.17) is 28.4 Å². The molecule has 1 aromatic carbocycles. The van der Waals surface area contributed by atoms with Gasteiger partial charge in [-0.05, 0) is 44.1 Å². The van der Waals surface area contributed by atoms with Crippen molar-refractivity contribution in [2.75, 3.05) is 27.9 Å². The van der Waals surface area contributed by atoms with Gasteiger partial charge in [0.25, 0.3) is 0 Å². The number of benzene rings is 1. The van der Waals surface area contributed by atoms with Gasteiger partial charge in [0.05, 0.1) is 35.8 Å². The molecule has 2 saturated carbocycles. The first-order valence-electron chi connectivity index (χ1n) is 16.6. The van der Waals surface area contributed by atoms with E-state index in [1.54, 1.807) is 65.0 Å². The van der Waals surface area contributed by atoms with Crippen LogP contribution < -0.4 is 5.32 Å². The molecule has 1 radical (unpaired) electrons. The van der Waals surface area contributed by atoms with Gasteiger partial charge in [-0.2, -0.15) is 0 Å². The van der Waals surface area contributed by atoms with Gasteiger partial charge in [-0.25, -0.2) is 9.59 Å². The number of nitrogens with one attached hydrogen (secondary N) is 1. The van der Waals surface area contributed by atoms with Crippen LogP contribution in [0.5, 0.6) is 0 Å². The first-order valence-corrected chi connectivity index (χ1v) is 16.6. The van der Waals surface area contributed by atoms with E-state index in [0.29, 0.717) is 11.1 Å². The SMILES string of the molecule is COC1C(=O)[C@]2(C)C(OC)CC3OCC3(O)C2C(OC(=O)c2ccccc2)C2(O)CC(OC(=O)C(OC)C(C)NC(C)=O)C(C)=C1C2(C)C.[Ac]. The van der Waals surface area contributed by atoms with E-state index in [9.17, 15) is 24.6 Å². The van der Waals surface area contributed by atoms with Crippen LogP contribution in [0.25, 0.3) is 0 Å². The molecule has 2 bridgehead atoms. The summed E-state index contributed by atoms with van der Waals surface area (Å²) in [6.45, 7) is 9.54. The number of methoxy groups -OCH3 is 3. The Morgan fingerprint density at radius 3 is 2.18 bits per heavy atom. The Morgan fingerprint density at radius 1 is 1.02 bits per heavy atom. The normalized spacial score (nSPS) is 36.9. The second-order valence-corrected chi connectivity index (χ2v) is 14.6. The van der Waals surface area contributed by atoms with Gasteiger partial charge in [-0.3, -0.25) is 9.59 Å². The number of amides is 1. The molecule has 11 atom stereocenters. The molecule has 50 heavy (non-hydrogen) atoms. The number of ketones is 1. The molecule has 273 valence electrons. The molecule has 5 rings (SSSR count). The molecule has 3 aliphatic carbocycles. The molecule has 13 nitrogen and oxygen atoms in total. The van der Waals surface area contributed by atoms with Crippen molar-refractivity contribution in [1.29, 1.82) is 0 Å². The van der Waals surface area contributed by atoms with Crippen LogP contribution in [0.1, 0.15) is 64.7 Å². The molecule has 1 saturated heterocycles. The van der Waals surface area contributed by atoms with Crippen molar-refractivity contribution in [3.63, 3.8) is 0 Å². The van der Waals surface area contributed by atoms with Crippen LogP contribution in [0, 0.1) is 60.8 Å². The molecule has 3 N–H and O–H groups in total. The summed E-state index contributed by atoms with van der Waals surface area (Å²) in [6, 6.07) is 7.45. The zero-order valence-corrected chi connectivity index (χ0v) is 34.9. The molecule has 0 aromatic heterocycles. The molecule has 1 heterocycles. The minimum absolute atomic E-state index is 0. The molecule has 4 aliphatic rings. The Bertz CT molecular complexity index is 1520. The molecule has 0 spiro atoms. The van der Waals surface area contributed by atoms with E-state index in [-0.39, 0.29) is 75.0 Å². The Morgan fingerprint density at radius 2 is 1.66 bits per heavy atom. The van der Waals surface area contributed by atoms with Gasteiger partial charge in [0, 0.05) is 96.5 Å². The number of aliphatic hydroxyl groups is 2. The van der Waals surface area contributed by atoms with E-state index in [1.807, 2.05) is 0 Å². The number of carbonyl (C=O) groups excluding carboxylic acids is 4. The van der Waals surface area contributed by atoms with Gasteiger partial charge < -0.3 is 44.0 Å². The number of hydrogen-bond acceptors (Lipinski definition) is 12. The fraction of sp³-hybridized carbons (Fsp3) is 0.667. The number of rotatable bonds is 9. The molecule has 1 aromatic rings. The largest absolute Gasteiger partial charge is 0.456 e. The minimum atomic E-state index is -2.07. The Balaban J connectivity index is 0.00000562. The van der Waals surface area contributed by atoms with E-state index >= 15 is 4.79 Å². The second kappa shape index (κ2) is 14.9. The maximum absolute atomic E-state index is 15.1. The van der Waals surface area contributed by atoms with Crippen LogP contribution in [0.2, 0.25) is 0 Å². The summed E-state index contributed by atoms with van der Waals surface area (Å²) in [6.07, 6.45) is -6.87. The molecule has 3 fully saturated rings. The Kier molecular flexibility index (Phi) is 12.2. The fourth-order valence-corrected chi connectivity index (χ4v) is 8.99. The van der Waals surface area contributed by atoms with Gasteiger partial charge in [0.2, 0.25) is 5.91 Å². The standard InChI is InChI=1S/C36H49NO12.Ac/c1-18-22(48-32(41)26(45-8)19(2)37-20(3)38)16-36(43)30(49-31(40)21-13-11-10-12-14-21)28-34(6,23(44-7)15-24-35(28,42)17-47-24)29(39)27(46-9)25(18)33(36,4)5;/h10-14,19,22-24,26-28,30,42-43H,15-17H2,1-9H3,(H,37,38);/t19?,22?,23?,24?,26?,27?,28?,30?,34-,35?,36?;/m1./s1. The number of hydrogen-bond donors (Lipinski definition) is 3. The smallest absolute Gasteiger partial charge is 0.338 e. The monoisotopic (exact) mass is 914 g/mol. The maximum Gasteiger partial charge on any atom is 0.338 e. The van der Waals surface area contributed by atoms with Crippen LogP contribution in [0.3, 0.4) is 0 Å². The van der Waals surface area contributed by atoms with Crippen molar-refractivity contribution in [2.24, 2.45) is 16.7 Å². The van der Waals surface area contributed by atoms with Crippen molar-refractivity contribution in [2.45, 2.75) is 108 Å². The van der Waals surface area contributed by atoms with Crippen LogP contribution in [0.15, 0.2) is 41.5 Å². The number of Topliss-reactive ketones (excluding diaryl/α,β-unsaturated/α-hetero) is 1. The molecule has 14 heteroatoms. The summed E-state index contributed by atoms with van der Waals surface area (Å²) in [7, 11) is 4.15. The first kappa shape index (κ1) is 41.0. The van der Waals surface area contributed by atoms with E-state index in [0.717, 1.165) is 0 Å². The first-order chi connectivity index (χ1) is 22.9. The average molecular weight is 915 g/mol. The van der Waals surface area contributed by atoms with Crippen LogP contribution in [-0.4, -0.2) is 116 Å². The summed E-state index contributed by atoms with van der Waals surface area (Å²) < 4.78 is 35.5. The fourth-order valence-electron chi connectivity index (χ4n) is 8.99. The van der Waals surface area contributed by atoms with Crippen molar-refractivity contribution in [1.82, 2.24) is 5.32 Å². The van der Waals surface area contributed by atoms with Crippen molar-refractivity contribution >= 4 is 23.6 Å². The third kappa shape index (κ3) is 6.33. The molecular weight excluding hydrogens is 865 g/mol. The summed E-state index contributed by atoms with van der Waals surface area (Å²) in [4.78, 5) is 54.5. The van der Waals surface area contributed by atoms with Crippen molar-refractivity contribution < 1.29 is 102 Å². The Hall–Kier alpha value is -1.76. The zero-order chi connectivity index (χ0) is 36.3. The number of esters is 2. The zero-order valence-electron chi connectivity index (χ0n) is 30.2. The quantitative estimate of drug-likeness (QED) is 0.243. The van der Waals surface area contributed by atoms with Crippen LogP contribution in [0.4, 0.5) is 0 Å².